The zero-order valence-electron chi connectivity index (χ0n) is 17.1. The molecule has 0 unspecified atom stereocenters. The van der Waals surface area contributed by atoms with Crippen molar-refractivity contribution in [3.05, 3.63) is 64.2 Å². The van der Waals surface area contributed by atoms with Crippen molar-refractivity contribution in [2.45, 2.75) is 12.2 Å². The van der Waals surface area contributed by atoms with E-state index in [4.69, 9.17) is 20.9 Å². The number of ether oxygens (including phenoxy) is 1. The Balaban J connectivity index is 1.47. The highest BCUT2D eigenvalue weighted by Gasteiger charge is 2.22. The minimum Gasteiger partial charge on any atom is -0.483 e. The summed E-state index contributed by atoms with van der Waals surface area (Å²) in [6, 6.07) is 8.18. The van der Waals surface area contributed by atoms with Crippen LogP contribution in [0.5, 0.6) is 5.75 Å². The molecule has 0 aliphatic carbocycles. The standard InChI is InChI=1S/C21H23ClF2N2O5S/c22-17-2-4-20(16(12-17)14-32(28,29)30)31-13-21(27)26-9-7-25(8-10-26)6-5-15-1-3-18(23)19(24)11-15/h1-4,11-12H,5-10,13-14H2,(H,28,29,30). The SMILES string of the molecule is O=C(COc1ccc(Cl)cc1CS(=O)(=O)O)N1CCN(CCc2ccc(F)c(F)c2)CC1. The van der Waals surface area contributed by atoms with Gasteiger partial charge in [0.25, 0.3) is 16.0 Å². The molecule has 0 spiro atoms. The molecular formula is C21H23ClF2N2O5S. The van der Waals surface area contributed by atoms with Gasteiger partial charge in [-0.1, -0.05) is 17.7 Å². The molecule has 1 fully saturated rings. The second-order valence-electron chi connectivity index (χ2n) is 7.49. The molecule has 0 atom stereocenters. The number of piperazine rings is 1. The van der Waals surface area contributed by atoms with Crippen molar-refractivity contribution < 1.29 is 31.3 Å². The van der Waals surface area contributed by atoms with Crippen LogP contribution in [0.1, 0.15) is 11.1 Å². The van der Waals surface area contributed by atoms with E-state index < -0.39 is 27.5 Å². The molecule has 0 radical (unpaired) electrons. The Hall–Kier alpha value is -2.27. The van der Waals surface area contributed by atoms with Crippen LogP contribution < -0.4 is 4.74 Å². The first-order chi connectivity index (χ1) is 15.1. The lowest BCUT2D eigenvalue weighted by Gasteiger charge is -2.34. The molecular weight excluding hydrogens is 466 g/mol. The number of carbonyl (C=O) groups is 1. The predicted octanol–water partition coefficient (Wildman–Crippen LogP) is 2.77. The summed E-state index contributed by atoms with van der Waals surface area (Å²) < 4.78 is 63.3. The van der Waals surface area contributed by atoms with Gasteiger partial charge in [0.05, 0.1) is 0 Å². The Morgan fingerprint density at radius 2 is 1.78 bits per heavy atom. The Kier molecular flexibility index (Phi) is 8.05. The molecule has 1 aliphatic heterocycles. The van der Waals surface area contributed by atoms with E-state index >= 15 is 0 Å². The van der Waals surface area contributed by atoms with Gasteiger partial charge in [0, 0.05) is 43.3 Å². The summed E-state index contributed by atoms with van der Waals surface area (Å²) in [5, 5.41) is 0.279. The van der Waals surface area contributed by atoms with Crippen LogP contribution >= 0.6 is 11.6 Å². The molecule has 0 bridgehead atoms. The van der Waals surface area contributed by atoms with E-state index in [0.717, 1.165) is 6.07 Å². The van der Waals surface area contributed by atoms with Crippen LogP contribution in [0.25, 0.3) is 0 Å². The summed E-state index contributed by atoms with van der Waals surface area (Å²) in [6.07, 6.45) is 0.571. The van der Waals surface area contributed by atoms with E-state index in [1.54, 1.807) is 11.0 Å². The minimum atomic E-state index is -4.29. The molecule has 0 aromatic heterocycles. The van der Waals surface area contributed by atoms with Gasteiger partial charge in [-0.25, -0.2) is 8.78 Å². The largest absolute Gasteiger partial charge is 0.483 e. The topological polar surface area (TPSA) is 87.1 Å². The third-order valence-corrected chi connectivity index (χ3v) is 6.05. The highest BCUT2D eigenvalue weighted by molar-refractivity contribution is 7.85. The van der Waals surface area contributed by atoms with Gasteiger partial charge in [-0.3, -0.25) is 14.2 Å². The quantitative estimate of drug-likeness (QED) is 0.575. The first-order valence-electron chi connectivity index (χ1n) is 9.91. The number of nitrogens with zero attached hydrogens (tertiary/aromatic N) is 2. The van der Waals surface area contributed by atoms with E-state index in [1.165, 1.54) is 24.3 Å². The maximum Gasteiger partial charge on any atom is 0.269 e. The smallest absolute Gasteiger partial charge is 0.269 e. The number of hydrogen-bond donors (Lipinski definition) is 1. The van der Waals surface area contributed by atoms with Crippen molar-refractivity contribution in [1.82, 2.24) is 9.80 Å². The van der Waals surface area contributed by atoms with Crippen molar-refractivity contribution in [2.75, 3.05) is 39.3 Å². The molecule has 7 nitrogen and oxygen atoms in total. The normalized spacial score (nSPS) is 15.1. The summed E-state index contributed by atoms with van der Waals surface area (Å²) in [5.74, 6) is -2.50. The van der Waals surface area contributed by atoms with Gasteiger partial charge in [0.15, 0.2) is 18.2 Å². The summed E-state index contributed by atoms with van der Waals surface area (Å²) in [7, 11) is -4.29. The van der Waals surface area contributed by atoms with Crippen LogP contribution in [0, 0.1) is 11.6 Å². The molecule has 0 saturated carbocycles. The van der Waals surface area contributed by atoms with E-state index in [0.29, 0.717) is 44.7 Å². The minimum absolute atomic E-state index is 0.158. The van der Waals surface area contributed by atoms with Crippen molar-refractivity contribution in [2.24, 2.45) is 0 Å². The lowest BCUT2D eigenvalue weighted by molar-refractivity contribution is -0.135. The van der Waals surface area contributed by atoms with Crippen LogP contribution in [-0.4, -0.2) is 68.0 Å². The van der Waals surface area contributed by atoms with Gasteiger partial charge in [0.1, 0.15) is 11.5 Å². The van der Waals surface area contributed by atoms with Crippen LogP contribution in [-0.2, 0) is 27.1 Å². The number of rotatable bonds is 8. The third kappa shape index (κ3) is 7.13. The van der Waals surface area contributed by atoms with E-state index in [9.17, 15) is 22.0 Å². The maximum atomic E-state index is 13.3. The molecule has 174 valence electrons. The van der Waals surface area contributed by atoms with Gasteiger partial charge in [-0.15, -0.1) is 0 Å². The third-order valence-electron chi connectivity index (χ3n) is 5.14. The molecule has 32 heavy (non-hydrogen) atoms. The Morgan fingerprint density at radius 3 is 2.44 bits per heavy atom. The number of halogens is 3. The fourth-order valence-corrected chi connectivity index (χ4v) is 4.25. The first kappa shape index (κ1) is 24.4. The number of amides is 1. The van der Waals surface area contributed by atoms with Gasteiger partial charge in [0.2, 0.25) is 0 Å². The summed E-state index contributed by atoms with van der Waals surface area (Å²) in [5.41, 5.74) is 0.870. The number of benzene rings is 2. The van der Waals surface area contributed by atoms with Crippen LogP contribution in [0.15, 0.2) is 36.4 Å². The summed E-state index contributed by atoms with van der Waals surface area (Å²) in [6.45, 7) is 2.61. The molecule has 2 aromatic rings. The van der Waals surface area contributed by atoms with Crippen molar-refractivity contribution >= 4 is 27.6 Å². The lowest BCUT2D eigenvalue weighted by Crippen LogP contribution is -2.50. The van der Waals surface area contributed by atoms with Crippen LogP contribution in [0.2, 0.25) is 5.02 Å². The molecule has 1 N–H and O–H groups in total. The molecule has 11 heteroatoms. The Morgan fingerprint density at radius 1 is 1.06 bits per heavy atom. The van der Waals surface area contributed by atoms with Gasteiger partial charge in [-0.2, -0.15) is 8.42 Å². The number of carbonyl (C=O) groups excluding carboxylic acids is 1. The Bertz CT molecular complexity index is 1080. The van der Waals surface area contributed by atoms with Crippen LogP contribution in [0.4, 0.5) is 8.78 Å². The second kappa shape index (κ2) is 10.6. The average Bonchev–Trinajstić information content (AvgIpc) is 2.73. The van der Waals surface area contributed by atoms with Crippen LogP contribution in [0.3, 0.4) is 0 Å². The van der Waals surface area contributed by atoms with Crippen molar-refractivity contribution in [3.63, 3.8) is 0 Å². The van der Waals surface area contributed by atoms with Gasteiger partial charge in [-0.05, 0) is 42.3 Å². The second-order valence-corrected chi connectivity index (χ2v) is 9.38. The molecule has 2 aromatic carbocycles. The highest BCUT2D eigenvalue weighted by atomic mass is 35.5. The number of hydrogen-bond acceptors (Lipinski definition) is 5. The zero-order chi connectivity index (χ0) is 23.3. The monoisotopic (exact) mass is 488 g/mol. The van der Waals surface area contributed by atoms with Crippen molar-refractivity contribution in [1.29, 1.82) is 0 Å². The van der Waals surface area contributed by atoms with Gasteiger partial charge < -0.3 is 9.64 Å². The lowest BCUT2D eigenvalue weighted by atomic mass is 10.1. The van der Waals surface area contributed by atoms with Gasteiger partial charge >= 0.3 is 0 Å². The molecule has 1 saturated heterocycles. The highest BCUT2D eigenvalue weighted by Crippen LogP contribution is 2.25. The summed E-state index contributed by atoms with van der Waals surface area (Å²) in [4.78, 5) is 16.3. The summed E-state index contributed by atoms with van der Waals surface area (Å²) >= 11 is 5.88. The first-order valence-corrected chi connectivity index (χ1v) is 11.9. The van der Waals surface area contributed by atoms with E-state index in [1.807, 2.05) is 0 Å². The predicted molar refractivity (Wildman–Crippen MR) is 115 cm³/mol. The van der Waals surface area contributed by atoms with Crippen molar-refractivity contribution in [3.8, 4) is 5.75 Å². The molecule has 1 heterocycles. The molecule has 3 rings (SSSR count). The Labute approximate surface area is 190 Å². The average molecular weight is 489 g/mol. The molecule has 1 amide bonds. The fraction of sp³-hybridized carbons (Fsp3) is 0.381. The maximum absolute atomic E-state index is 13.3. The van der Waals surface area contributed by atoms with E-state index in [2.05, 4.69) is 4.90 Å². The zero-order valence-corrected chi connectivity index (χ0v) is 18.7. The van der Waals surface area contributed by atoms with E-state index in [-0.39, 0.29) is 28.8 Å². The molecule has 1 aliphatic rings. The fourth-order valence-electron chi connectivity index (χ4n) is 3.43.